The van der Waals surface area contributed by atoms with Gasteiger partial charge in [0, 0.05) is 24.7 Å². The van der Waals surface area contributed by atoms with Crippen molar-refractivity contribution in [3.8, 4) is 0 Å². The van der Waals surface area contributed by atoms with E-state index in [0.717, 1.165) is 24.5 Å². The monoisotopic (exact) mass is 239 g/mol. The predicted molar refractivity (Wildman–Crippen MR) is 73.3 cm³/mol. The summed E-state index contributed by atoms with van der Waals surface area (Å²) in [6.07, 6.45) is 6.99. The van der Waals surface area contributed by atoms with E-state index in [-0.39, 0.29) is 0 Å². The lowest BCUT2D eigenvalue weighted by atomic mass is 9.93. The normalized spacial score (nSPS) is 35.6. The molecule has 4 unspecified atom stereocenters. The van der Waals surface area contributed by atoms with Crippen LogP contribution < -0.4 is 10.6 Å². The summed E-state index contributed by atoms with van der Waals surface area (Å²) >= 11 is 0. The molecular formula is C14H29N3. The first-order valence-corrected chi connectivity index (χ1v) is 7.31. The fourth-order valence-electron chi connectivity index (χ4n) is 3.31. The molecule has 1 saturated heterocycles. The standard InChI is InChI=1S/C14H29N3/c1-11(17(2)3)10-16-14-7-4-6-12(14)13-8-5-9-15-13/h11-16H,4-10H2,1-3H3. The van der Waals surface area contributed by atoms with Gasteiger partial charge in [-0.15, -0.1) is 0 Å². The van der Waals surface area contributed by atoms with Crippen LogP contribution in [0, 0.1) is 5.92 Å². The van der Waals surface area contributed by atoms with Crippen molar-refractivity contribution in [3.63, 3.8) is 0 Å². The van der Waals surface area contributed by atoms with Crippen LogP contribution in [0.25, 0.3) is 0 Å². The first kappa shape index (κ1) is 13.3. The maximum Gasteiger partial charge on any atom is 0.0186 e. The van der Waals surface area contributed by atoms with Crippen molar-refractivity contribution in [3.05, 3.63) is 0 Å². The lowest BCUT2D eigenvalue weighted by molar-refractivity contribution is 0.265. The molecule has 3 heteroatoms. The maximum absolute atomic E-state index is 3.81. The lowest BCUT2D eigenvalue weighted by Gasteiger charge is -2.29. The summed E-state index contributed by atoms with van der Waals surface area (Å²) in [5.74, 6) is 0.881. The number of rotatable bonds is 5. The predicted octanol–water partition coefficient (Wildman–Crippen LogP) is 1.45. The van der Waals surface area contributed by atoms with Gasteiger partial charge in [0.25, 0.3) is 0 Å². The highest BCUT2D eigenvalue weighted by Gasteiger charge is 2.34. The molecule has 1 aliphatic carbocycles. The van der Waals surface area contributed by atoms with Crippen molar-refractivity contribution >= 4 is 0 Å². The van der Waals surface area contributed by atoms with E-state index >= 15 is 0 Å². The zero-order chi connectivity index (χ0) is 12.3. The summed E-state index contributed by atoms with van der Waals surface area (Å²) in [7, 11) is 4.33. The van der Waals surface area contributed by atoms with Crippen molar-refractivity contribution < 1.29 is 0 Å². The van der Waals surface area contributed by atoms with Crippen LogP contribution in [0.1, 0.15) is 39.0 Å². The van der Waals surface area contributed by atoms with Gasteiger partial charge in [0.2, 0.25) is 0 Å². The molecule has 3 nitrogen and oxygen atoms in total. The number of nitrogens with zero attached hydrogens (tertiary/aromatic N) is 1. The molecule has 2 fully saturated rings. The van der Waals surface area contributed by atoms with E-state index < -0.39 is 0 Å². The van der Waals surface area contributed by atoms with Gasteiger partial charge in [-0.1, -0.05) is 6.42 Å². The Morgan fingerprint density at radius 3 is 2.71 bits per heavy atom. The zero-order valence-electron chi connectivity index (χ0n) is 11.7. The molecule has 0 aromatic carbocycles. The fraction of sp³-hybridized carbons (Fsp3) is 1.00. The summed E-state index contributed by atoms with van der Waals surface area (Å²) in [6, 6.07) is 2.19. The van der Waals surface area contributed by atoms with E-state index in [0.29, 0.717) is 6.04 Å². The molecule has 2 rings (SSSR count). The molecular weight excluding hydrogens is 210 g/mol. The van der Waals surface area contributed by atoms with Crippen LogP contribution in [0.2, 0.25) is 0 Å². The smallest absolute Gasteiger partial charge is 0.0186 e. The zero-order valence-corrected chi connectivity index (χ0v) is 11.7. The molecule has 1 saturated carbocycles. The second-order valence-electron chi connectivity index (χ2n) is 6.12. The van der Waals surface area contributed by atoms with Crippen molar-refractivity contribution in [1.29, 1.82) is 0 Å². The van der Waals surface area contributed by atoms with Crippen LogP contribution in [-0.4, -0.2) is 50.2 Å². The SMILES string of the molecule is CC(CNC1CCCC1C1CCCN1)N(C)C. The molecule has 2 aliphatic rings. The first-order valence-electron chi connectivity index (χ1n) is 7.31. The Morgan fingerprint density at radius 2 is 2.06 bits per heavy atom. The Balaban J connectivity index is 1.78. The van der Waals surface area contributed by atoms with Gasteiger partial charge in [0.15, 0.2) is 0 Å². The molecule has 0 radical (unpaired) electrons. The number of likely N-dealkylation sites (N-methyl/N-ethyl adjacent to an activating group) is 1. The van der Waals surface area contributed by atoms with E-state index in [2.05, 4.69) is 36.6 Å². The van der Waals surface area contributed by atoms with Gasteiger partial charge < -0.3 is 15.5 Å². The second-order valence-corrected chi connectivity index (χ2v) is 6.12. The summed E-state index contributed by atoms with van der Waals surface area (Å²) in [6.45, 7) is 4.66. The fourth-order valence-corrected chi connectivity index (χ4v) is 3.31. The van der Waals surface area contributed by atoms with Gasteiger partial charge in [0.1, 0.15) is 0 Å². The third-order valence-corrected chi connectivity index (χ3v) is 4.74. The van der Waals surface area contributed by atoms with Crippen molar-refractivity contribution in [2.45, 2.75) is 57.2 Å². The minimum Gasteiger partial charge on any atom is -0.314 e. The minimum atomic E-state index is 0.632. The number of hydrogen-bond donors (Lipinski definition) is 2. The molecule has 1 aliphatic heterocycles. The van der Waals surface area contributed by atoms with Crippen LogP contribution in [-0.2, 0) is 0 Å². The van der Waals surface area contributed by atoms with Crippen LogP contribution in [0.4, 0.5) is 0 Å². The quantitative estimate of drug-likeness (QED) is 0.760. The largest absolute Gasteiger partial charge is 0.314 e. The van der Waals surface area contributed by atoms with Gasteiger partial charge in [-0.2, -0.15) is 0 Å². The molecule has 0 aromatic heterocycles. The van der Waals surface area contributed by atoms with Crippen LogP contribution in [0.5, 0.6) is 0 Å². The number of nitrogens with one attached hydrogen (secondary N) is 2. The molecule has 0 aromatic rings. The Bertz CT molecular complexity index is 224. The number of hydrogen-bond acceptors (Lipinski definition) is 3. The van der Waals surface area contributed by atoms with E-state index in [9.17, 15) is 0 Å². The highest BCUT2D eigenvalue weighted by molar-refractivity contribution is 4.93. The van der Waals surface area contributed by atoms with Crippen LogP contribution >= 0.6 is 0 Å². The third-order valence-electron chi connectivity index (χ3n) is 4.74. The van der Waals surface area contributed by atoms with Crippen LogP contribution in [0.15, 0.2) is 0 Å². The highest BCUT2D eigenvalue weighted by Crippen LogP contribution is 2.31. The molecule has 2 N–H and O–H groups in total. The molecule has 4 atom stereocenters. The van der Waals surface area contributed by atoms with Crippen LogP contribution in [0.3, 0.4) is 0 Å². The topological polar surface area (TPSA) is 27.3 Å². The van der Waals surface area contributed by atoms with E-state index in [1.807, 2.05) is 0 Å². The van der Waals surface area contributed by atoms with Gasteiger partial charge in [-0.3, -0.25) is 0 Å². The summed E-state index contributed by atoms with van der Waals surface area (Å²) < 4.78 is 0. The Labute approximate surface area is 106 Å². The summed E-state index contributed by atoms with van der Waals surface area (Å²) in [4.78, 5) is 2.30. The minimum absolute atomic E-state index is 0.632. The first-order chi connectivity index (χ1) is 8.18. The van der Waals surface area contributed by atoms with Gasteiger partial charge >= 0.3 is 0 Å². The van der Waals surface area contributed by atoms with Gasteiger partial charge in [0.05, 0.1) is 0 Å². The van der Waals surface area contributed by atoms with E-state index in [1.54, 1.807) is 0 Å². The lowest BCUT2D eigenvalue weighted by Crippen LogP contribution is -2.46. The van der Waals surface area contributed by atoms with Gasteiger partial charge in [-0.05, 0) is 59.2 Å². The average Bonchev–Trinajstić information content (AvgIpc) is 2.95. The molecule has 100 valence electrons. The second kappa shape index (κ2) is 6.17. The molecule has 1 heterocycles. The average molecular weight is 239 g/mol. The Hall–Kier alpha value is -0.120. The van der Waals surface area contributed by atoms with E-state index in [4.69, 9.17) is 0 Å². The van der Waals surface area contributed by atoms with Gasteiger partial charge in [-0.25, -0.2) is 0 Å². The van der Waals surface area contributed by atoms with E-state index in [1.165, 1.54) is 38.6 Å². The molecule has 0 amide bonds. The van der Waals surface area contributed by atoms with Crippen molar-refractivity contribution in [1.82, 2.24) is 15.5 Å². The third kappa shape index (κ3) is 3.43. The molecule has 0 bridgehead atoms. The Kier molecular flexibility index (Phi) is 4.83. The van der Waals surface area contributed by atoms with Crippen molar-refractivity contribution in [2.24, 2.45) is 5.92 Å². The summed E-state index contributed by atoms with van der Waals surface area (Å²) in [5, 5.41) is 7.50. The summed E-state index contributed by atoms with van der Waals surface area (Å²) in [5.41, 5.74) is 0. The molecule has 0 spiro atoms. The molecule has 17 heavy (non-hydrogen) atoms. The highest BCUT2D eigenvalue weighted by atomic mass is 15.1. The maximum atomic E-state index is 3.81. The van der Waals surface area contributed by atoms with Crippen molar-refractivity contribution in [2.75, 3.05) is 27.2 Å². The Morgan fingerprint density at radius 1 is 1.24 bits per heavy atom.